The lowest BCUT2D eigenvalue weighted by molar-refractivity contribution is -0.0588. The number of rotatable bonds is 3. The van der Waals surface area contributed by atoms with Crippen molar-refractivity contribution in [1.82, 2.24) is 9.79 Å². The van der Waals surface area contributed by atoms with Crippen LogP contribution in [-0.2, 0) is 4.84 Å². The molecule has 0 radical (unpaired) electrons. The van der Waals surface area contributed by atoms with Gasteiger partial charge in [0, 0.05) is 7.05 Å². The van der Waals surface area contributed by atoms with Gasteiger partial charge in [-0.2, -0.15) is 0 Å². The molecule has 0 aromatic carbocycles. The molecule has 0 spiro atoms. The predicted octanol–water partition coefficient (Wildman–Crippen LogP) is 1.98. The molecule has 0 unspecified atom stereocenters. The second-order valence-electron chi connectivity index (χ2n) is 3.63. The van der Waals surface area contributed by atoms with Crippen LogP contribution >= 0.6 is 12.8 Å². The molecular weight excluding hydrogens is 200 g/mol. The fourth-order valence-corrected chi connectivity index (χ4v) is 1.85. The first-order chi connectivity index (χ1) is 6.74. The minimum Gasteiger partial charge on any atom is -0.339 e. The highest BCUT2D eigenvalue weighted by Crippen LogP contribution is 2.24. The molecule has 0 aliphatic heterocycles. The Balaban J connectivity index is 2.15. The van der Waals surface area contributed by atoms with E-state index >= 15 is 0 Å². The third-order valence-electron chi connectivity index (χ3n) is 2.54. The van der Waals surface area contributed by atoms with E-state index in [2.05, 4.69) is 18.1 Å². The fraction of sp³-hybridized carbons (Fsp3) is 0.889. The molecule has 14 heavy (non-hydrogen) atoms. The van der Waals surface area contributed by atoms with Gasteiger partial charge in [0.1, 0.15) is 0 Å². The summed E-state index contributed by atoms with van der Waals surface area (Å²) in [4.78, 5) is 16.2. The Labute approximate surface area is 90.5 Å². The average Bonchev–Trinajstić information content (AvgIpc) is 2.26. The summed E-state index contributed by atoms with van der Waals surface area (Å²) in [5.74, 6) is 0.586. The summed E-state index contributed by atoms with van der Waals surface area (Å²) in [5.41, 5.74) is 0. The van der Waals surface area contributed by atoms with Crippen molar-refractivity contribution in [2.24, 2.45) is 5.92 Å². The van der Waals surface area contributed by atoms with Gasteiger partial charge in [0.05, 0.1) is 6.61 Å². The Morgan fingerprint density at radius 2 is 2.14 bits per heavy atom. The van der Waals surface area contributed by atoms with Gasteiger partial charge in [-0.1, -0.05) is 19.3 Å². The van der Waals surface area contributed by atoms with E-state index in [0.717, 1.165) is 4.47 Å². The van der Waals surface area contributed by atoms with Crippen LogP contribution < -0.4 is 5.32 Å². The van der Waals surface area contributed by atoms with Gasteiger partial charge >= 0.3 is 6.03 Å². The molecule has 0 aromatic heterocycles. The summed E-state index contributed by atoms with van der Waals surface area (Å²) in [5, 5.41) is 2.44. The van der Waals surface area contributed by atoms with Crippen molar-refractivity contribution >= 4 is 18.8 Å². The highest BCUT2D eigenvalue weighted by Gasteiger charge is 2.16. The maximum Gasteiger partial charge on any atom is 0.351 e. The maximum absolute atomic E-state index is 11.0. The van der Waals surface area contributed by atoms with E-state index in [1.54, 1.807) is 7.05 Å². The fourth-order valence-electron chi connectivity index (χ4n) is 1.68. The summed E-state index contributed by atoms with van der Waals surface area (Å²) >= 11 is 3.90. The third kappa shape index (κ3) is 3.75. The van der Waals surface area contributed by atoms with E-state index in [-0.39, 0.29) is 6.03 Å². The van der Waals surface area contributed by atoms with Crippen molar-refractivity contribution in [2.75, 3.05) is 13.7 Å². The first-order valence-corrected chi connectivity index (χ1v) is 5.47. The third-order valence-corrected chi connectivity index (χ3v) is 2.84. The van der Waals surface area contributed by atoms with Crippen molar-refractivity contribution in [3.05, 3.63) is 0 Å². The predicted molar refractivity (Wildman–Crippen MR) is 57.8 cm³/mol. The molecule has 1 fully saturated rings. The monoisotopic (exact) mass is 218 g/mol. The SMILES string of the molecule is CNC(=O)N(S)OCC1CCCCC1. The Morgan fingerprint density at radius 1 is 1.50 bits per heavy atom. The Morgan fingerprint density at radius 3 is 2.71 bits per heavy atom. The molecule has 0 saturated heterocycles. The first kappa shape index (κ1) is 11.7. The van der Waals surface area contributed by atoms with Crippen LogP contribution in [0.2, 0.25) is 0 Å². The summed E-state index contributed by atoms with van der Waals surface area (Å²) in [7, 11) is 1.55. The molecule has 2 amide bonds. The molecule has 1 N–H and O–H groups in total. The molecule has 0 aromatic rings. The van der Waals surface area contributed by atoms with E-state index in [0.29, 0.717) is 12.5 Å². The number of urea groups is 1. The number of carbonyl (C=O) groups excluding carboxylic acids is 1. The molecule has 1 aliphatic rings. The van der Waals surface area contributed by atoms with Crippen molar-refractivity contribution in [2.45, 2.75) is 32.1 Å². The number of hydroxylamine groups is 1. The zero-order chi connectivity index (χ0) is 10.4. The highest BCUT2D eigenvalue weighted by molar-refractivity contribution is 7.78. The molecule has 1 saturated carbocycles. The molecule has 0 atom stereocenters. The number of carbonyl (C=O) groups is 1. The van der Waals surface area contributed by atoms with Crippen LogP contribution in [-0.4, -0.2) is 24.2 Å². The minimum absolute atomic E-state index is 0.329. The van der Waals surface area contributed by atoms with E-state index in [1.165, 1.54) is 32.1 Å². The number of nitrogens with one attached hydrogen (secondary N) is 1. The van der Waals surface area contributed by atoms with E-state index in [1.807, 2.05) is 0 Å². The van der Waals surface area contributed by atoms with Gasteiger partial charge in [-0.25, -0.2) is 4.79 Å². The molecule has 5 heteroatoms. The molecule has 0 heterocycles. The summed E-state index contributed by atoms with van der Waals surface area (Å²) in [6.45, 7) is 0.594. The zero-order valence-corrected chi connectivity index (χ0v) is 9.43. The van der Waals surface area contributed by atoms with Gasteiger partial charge < -0.3 is 5.32 Å². The van der Waals surface area contributed by atoms with Crippen LogP contribution in [0.1, 0.15) is 32.1 Å². The Hall–Kier alpha value is -0.420. The molecule has 82 valence electrons. The van der Waals surface area contributed by atoms with Crippen LogP contribution in [0.15, 0.2) is 0 Å². The summed E-state index contributed by atoms with van der Waals surface area (Å²) in [6.07, 6.45) is 6.29. The van der Waals surface area contributed by atoms with Gasteiger partial charge in [-0.05, 0) is 31.6 Å². The second-order valence-corrected chi connectivity index (χ2v) is 3.99. The van der Waals surface area contributed by atoms with Crippen LogP contribution in [0, 0.1) is 5.92 Å². The lowest BCUT2D eigenvalue weighted by Gasteiger charge is -2.23. The normalized spacial score (nSPS) is 17.9. The quantitative estimate of drug-likeness (QED) is 0.562. The lowest BCUT2D eigenvalue weighted by atomic mass is 9.90. The van der Waals surface area contributed by atoms with Crippen LogP contribution in [0.4, 0.5) is 4.79 Å². The van der Waals surface area contributed by atoms with Crippen molar-refractivity contribution < 1.29 is 9.63 Å². The highest BCUT2D eigenvalue weighted by atomic mass is 32.1. The number of amides is 2. The molecule has 1 aliphatic carbocycles. The van der Waals surface area contributed by atoms with E-state index in [9.17, 15) is 4.79 Å². The Bertz CT molecular complexity index is 184. The molecular formula is C9H18N2O2S. The van der Waals surface area contributed by atoms with Gasteiger partial charge in [0.25, 0.3) is 0 Å². The number of hydrogen-bond donors (Lipinski definition) is 2. The van der Waals surface area contributed by atoms with Gasteiger partial charge in [-0.15, -0.1) is 4.47 Å². The number of thiol groups is 1. The van der Waals surface area contributed by atoms with E-state index < -0.39 is 0 Å². The van der Waals surface area contributed by atoms with Crippen LogP contribution in [0.3, 0.4) is 0 Å². The minimum atomic E-state index is -0.329. The second kappa shape index (κ2) is 6.14. The Kier molecular flexibility index (Phi) is 5.11. The largest absolute Gasteiger partial charge is 0.351 e. The van der Waals surface area contributed by atoms with Gasteiger partial charge in [-0.3, -0.25) is 4.84 Å². The standard InChI is InChI=1S/C9H18N2O2S/c1-10-9(12)11(14)13-7-8-5-3-2-4-6-8/h8,14H,2-7H2,1H3,(H,10,12). The molecule has 1 rings (SSSR count). The molecule has 4 nitrogen and oxygen atoms in total. The molecule has 0 bridgehead atoms. The summed E-state index contributed by atoms with van der Waals surface area (Å²) < 4.78 is 0.967. The van der Waals surface area contributed by atoms with Crippen molar-refractivity contribution in [3.8, 4) is 0 Å². The zero-order valence-electron chi connectivity index (χ0n) is 8.53. The van der Waals surface area contributed by atoms with Crippen molar-refractivity contribution in [3.63, 3.8) is 0 Å². The summed E-state index contributed by atoms with van der Waals surface area (Å²) in [6, 6.07) is -0.329. The maximum atomic E-state index is 11.0. The van der Waals surface area contributed by atoms with Crippen LogP contribution in [0.25, 0.3) is 0 Å². The van der Waals surface area contributed by atoms with E-state index in [4.69, 9.17) is 4.84 Å². The smallest absolute Gasteiger partial charge is 0.339 e. The van der Waals surface area contributed by atoms with Crippen molar-refractivity contribution in [1.29, 1.82) is 0 Å². The average molecular weight is 218 g/mol. The lowest BCUT2D eigenvalue weighted by Crippen LogP contribution is -2.32. The van der Waals surface area contributed by atoms with Gasteiger partial charge in [0.15, 0.2) is 0 Å². The topological polar surface area (TPSA) is 41.6 Å². The first-order valence-electron chi connectivity index (χ1n) is 5.07. The number of hydrogen-bond acceptors (Lipinski definition) is 3. The van der Waals surface area contributed by atoms with Crippen LogP contribution in [0.5, 0.6) is 0 Å². The van der Waals surface area contributed by atoms with Gasteiger partial charge in [0.2, 0.25) is 0 Å². The number of nitrogens with zero attached hydrogens (tertiary/aromatic N) is 1.